The average molecular weight is 314 g/mol. The average Bonchev–Trinajstić information content (AvgIpc) is 2.98. The van der Waals surface area contributed by atoms with E-state index < -0.39 is 6.03 Å². The molecule has 6 N–H and O–H groups in total. The molecule has 1 aliphatic rings. The van der Waals surface area contributed by atoms with Gasteiger partial charge in [0.05, 0.1) is 0 Å². The molecule has 0 bridgehead atoms. The van der Waals surface area contributed by atoms with Gasteiger partial charge in [0.25, 0.3) is 5.91 Å². The van der Waals surface area contributed by atoms with Gasteiger partial charge < -0.3 is 21.7 Å². The summed E-state index contributed by atoms with van der Waals surface area (Å²) in [6.07, 6.45) is 0.844. The molecule has 0 aliphatic carbocycles. The molecule has 0 saturated heterocycles. The van der Waals surface area contributed by atoms with Crippen molar-refractivity contribution in [1.82, 2.24) is 20.8 Å². The summed E-state index contributed by atoms with van der Waals surface area (Å²) in [6.45, 7) is 1.88. The highest BCUT2D eigenvalue weighted by molar-refractivity contribution is 6.04. The van der Waals surface area contributed by atoms with Crippen LogP contribution in [0.15, 0.2) is 24.3 Å². The van der Waals surface area contributed by atoms with Crippen molar-refractivity contribution in [3.05, 3.63) is 46.8 Å². The number of anilines is 1. The largest absolute Gasteiger partial charge is 0.352 e. The van der Waals surface area contributed by atoms with Gasteiger partial charge in [0, 0.05) is 43.0 Å². The van der Waals surface area contributed by atoms with Gasteiger partial charge in [-0.15, -0.1) is 0 Å². The molecule has 2 aromatic rings. The zero-order chi connectivity index (χ0) is 16.2. The molecular formula is C15H18N6O2. The number of nitrogens with zero attached hydrogens (tertiary/aromatic N) is 1. The van der Waals surface area contributed by atoms with Gasteiger partial charge in [-0.3, -0.25) is 9.89 Å². The van der Waals surface area contributed by atoms with Gasteiger partial charge in [-0.1, -0.05) is 12.1 Å². The van der Waals surface area contributed by atoms with E-state index in [9.17, 15) is 9.59 Å². The molecule has 1 aromatic carbocycles. The van der Waals surface area contributed by atoms with E-state index in [-0.39, 0.29) is 5.91 Å². The van der Waals surface area contributed by atoms with E-state index in [0.29, 0.717) is 24.5 Å². The Balaban J connectivity index is 1.66. The van der Waals surface area contributed by atoms with Crippen LogP contribution in [-0.4, -0.2) is 28.7 Å². The Morgan fingerprint density at radius 2 is 2.04 bits per heavy atom. The third-order valence-electron chi connectivity index (χ3n) is 3.70. The van der Waals surface area contributed by atoms with Crippen LogP contribution in [0, 0.1) is 0 Å². The van der Waals surface area contributed by atoms with Crippen molar-refractivity contribution in [2.75, 3.05) is 11.9 Å². The Morgan fingerprint density at radius 3 is 2.78 bits per heavy atom. The van der Waals surface area contributed by atoms with Gasteiger partial charge in [-0.25, -0.2) is 4.79 Å². The van der Waals surface area contributed by atoms with E-state index in [1.165, 1.54) is 0 Å². The van der Waals surface area contributed by atoms with Gasteiger partial charge in [0.15, 0.2) is 5.69 Å². The zero-order valence-electron chi connectivity index (χ0n) is 12.5. The number of benzene rings is 1. The molecule has 8 nitrogen and oxygen atoms in total. The lowest BCUT2D eigenvalue weighted by molar-refractivity contribution is 0.102. The van der Waals surface area contributed by atoms with E-state index in [1.54, 1.807) is 12.1 Å². The second-order valence-corrected chi connectivity index (χ2v) is 5.32. The zero-order valence-corrected chi connectivity index (χ0v) is 12.5. The maximum absolute atomic E-state index is 12.4. The monoisotopic (exact) mass is 314 g/mol. The van der Waals surface area contributed by atoms with E-state index >= 15 is 0 Å². The number of aromatic nitrogens is 2. The number of amides is 3. The Labute approximate surface area is 132 Å². The van der Waals surface area contributed by atoms with E-state index in [0.717, 1.165) is 29.8 Å². The van der Waals surface area contributed by atoms with Crippen LogP contribution in [0.3, 0.4) is 0 Å². The van der Waals surface area contributed by atoms with Crippen LogP contribution in [0.4, 0.5) is 10.5 Å². The lowest BCUT2D eigenvalue weighted by Gasteiger charge is -2.13. The molecule has 0 saturated carbocycles. The van der Waals surface area contributed by atoms with Crippen molar-refractivity contribution < 1.29 is 9.59 Å². The maximum Gasteiger partial charge on any atom is 0.312 e. The number of carbonyl (C=O) groups is 2. The number of nitrogens with two attached hydrogens (primary N) is 1. The van der Waals surface area contributed by atoms with Crippen LogP contribution in [0.2, 0.25) is 0 Å². The van der Waals surface area contributed by atoms with Crippen LogP contribution >= 0.6 is 0 Å². The summed E-state index contributed by atoms with van der Waals surface area (Å²) in [6, 6.07) is 6.60. The molecule has 8 heteroatoms. The first-order chi connectivity index (χ1) is 11.1. The Kier molecular flexibility index (Phi) is 4.24. The number of aromatic amines is 1. The minimum Gasteiger partial charge on any atom is -0.352 e. The van der Waals surface area contributed by atoms with Crippen LogP contribution in [0.1, 0.15) is 27.3 Å². The fourth-order valence-corrected chi connectivity index (χ4v) is 2.50. The highest BCUT2D eigenvalue weighted by Gasteiger charge is 2.21. The van der Waals surface area contributed by atoms with E-state index in [4.69, 9.17) is 5.73 Å². The maximum atomic E-state index is 12.4. The Hall–Kier alpha value is -2.87. The molecule has 120 valence electrons. The fraction of sp³-hybridized carbons (Fsp3) is 0.267. The summed E-state index contributed by atoms with van der Waals surface area (Å²) in [4.78, 5) is 23.0. The Morgan fingerprint density at radius 1 is 1.26 bits per heavy atom. The summed E-state index contributed by atoms with van der Waals surface area (Å²) in [7, 11) is 0. The molecule has 0 fully saturated rings. The number of fused-ring (bicyclic) bond motifs is 1. The second-order valence-electron chi connectivity index (χ2n) is 5.32. The summed E-state index contributed by atoms with van der Waals surface area (Å²) in [5.74, 6) is -0.241. The van der Waals surface area contributed by atoms with Gasteiger partial charge in [0.2, 0.25) is 0 Å². The number of urea groups is 1. The van der Waals surface area contributed by atoms with Gasteiger partial charge >= 0.3 is 6.03 Å². The van der Waals surface area contributed by atoms with Crippen molar-refractivity contribution in [1.29, 1.82) is 0 Å². The van der Waals surface area contributed by atoms with Crippen LogP contribution in [0.25, 0.3) is 0 Å². The SMILES string of the molecule is NC(=O)NCc1ccc(NC(=O)c2n[nH]c3c2CNCC3)cc1. The topological polar surface area (TPSA) is 125 Å². The lowest BCUT2D eigenvalue weighted by atomic mass is 10.1. The number of carbonyl (C=O) groups excluding carboxylic acids is 2. The smallest absolute Gasteiger partial charge is 0.312 e. The first kappa shape index (κ1) is 15.0. The summed E-state index contributed by atoms with van der Waals surface area (Å²) < 4.78 is 0. The highest BCUT2D eigenvalue weighted by atomic mass is 16.2. The van der Waals surface area contributed by atoms with Crippen LogP contribution in [-0.2, 0) is 19.5 Å². The van der Waals surface area contributed by atoms with Gasteiger partial charge in [-0.05, 0) is 17.7 Å². The minimum absolute atomic E-state index is 0.241. The molecule has 0 radical (unpaired) electrons. The second kappa shape index (κ2) is 6.49. The summed E-state index contributed by atoms with van der Waals surface area (Å²) >= 11 is 0. The molecule has 1 aromatic heterocycles. The van der Waals surface area contributed by atoms with Crippen molar-refractivity contribution in [3.63, 3.8) is 0 Å². The van der Waals surface area contributed by atoms with E-state index in [2.05, 4.69) is 26.1 Å². The molecule has 3 rings (SSSR count). The third kappa shape index (κ3) is 3.49. The number of nitrogens with one attached hydrogen (secondary N) is 4. The molecule has 1 aliphatic heterocycles. The lowest BCUT2D eigenvalue weighted by Crippen LogP contribution is -2.28. The molecule has 3 amide bonds. The molecule has 0 atom stereocenters. The fourth-order valence-electron chi connectivity index (χ4n) is 2.50. The van der Waals surface area contributed by atoms with Crippen LogP contribution in [0.5, 0.6) is 0 Å². The number of rotatable bonds is 4. The molecular weight excluding hydrogens is 296 g/mol. The molecule has 0 unspecified atom stereocenters. The number of hydrogen-bond donors (Lipinski definition) is 5. The minimum atomic E-state index is -0.570. The molecule has 0 spiro atoms. The van der Waals surface area contributed by atoms with Crippen molar-refractivity contribution in [2.24, 2.45) is 5.73 Å². The normalized spacial score (nSPS) is 13.2. The first-order valence-electron chi connectivity index (χ1n) is 7.34. The van der Waals surface area contributed by atoms with Crippen molar-refractivity contribution >= 4 is 17.6 Å². The standard InChI is InChI=1S/C15H18N6O2/c16-15(23)18-7-9-1-3-10(4-2-9)19-14(22)13-11-8-17-6-5-12(11)20-21-13/h1-4,17H,5-8H2,(H,19,22)(H,20,21)(H3,16,18,23). The van der Waals surface area contributed by atoms with Crippen molar-refractivity contribution in [3.8, 4) is 0 Å². The molecule has 23 heavy (non-hydrogen) atoms. The number of hydrogen-bond acceptors (Lipinski definition) is 4. The van der Waals surface area contributed by atoms with Gasteiger partial charge in [0.1, 0.15) is 0 Å². The van der Waals surface area contributed by atoms with Crippen molar-refractivity contribution in [2.45, 2.75) is 19.5 Å². The van der Waals surface area contributed by atoms with Gasteiger partial charge in [-0.2, -0.15) is 5.10 Å². The highest BCUT2D eigenvalue weighted by Crippen LogP contribution is 2.17. The predicted octanol–water partition coefficient (Wildman–Crippen LogP) is 0.476. The summed E-state index contributed by atoms with van der Waals surface area (Å²) in [5.41, 5.74) is 8.95. The first-order valence-corrected chi connectivity index (χ1v) is 7.34. The number of H-pyrrole nitrogens is 1. The summed E-state index contributed by atoms with van der Waals surface area (Å²) in [5, 5.41) is 15.6. The predicted molar refractivity (Wildman–Crippen MR) is 84.8 cm³/mol. The Bertz CT molecular complexity index is 722. The number of primary amides is 1. The van der Waals surface area contributed by atoms with Crippen LogP contribution < -0.4 is 21.7 Å². The van der Waals surface area contributed by atoms with E-state index in [1.807, 2.05) is 12.1 Å². The third-order valence-corrected chi connectivity index (χ3v) is 3.70. The molecule has 2 heterocycles. The quantitative estimate of drug-likeness (QED) is 0.562.